The Kier molecular flexibility index (Phi) is 3.24. The third kappa shape index (κ3) is 2.31. The summed E-state index contributed by atoms with van der Waals surface area (Å²) in [6.07, 6.45) is 1.44. The Morgan fingerprint density at radius 1 is 1.00 bits per heavy atom. The molecule has 0 saturated carbocycles. The fourth-order valence-electron chi connectivity index (χ4n) is 1.52. The van der Waals surface area contributed by atoms with Crippen LogP contribution in [0.1, 0.15) is 25.0 Å². The Morgan fingerprint density at radius 2 is 1.57 bits per heavy atom. The molecule has 4 heteroatoms. The summed E-state index contributed by atoms with van der Waals surface area (Å²) in [6, 6.07) is 4.04. The van der Waals surface area contributed by atoms with Crippen molar-refractivity contribution in [1.29, 1.82) is 0 Å². The molecule has 1 aromatic carbocycles. The topological polar surface area (TPSA) is 0 Å². The molecule has 0 N–H and O–H groups in total. The summed E-state index contributed by atoms with van der Waals surface area (Å²) < 4.78 is 37.2. The minimum atomic E-state index is -4.85. The first-order valence-electron chi connectivity index (χ1n) is 4.80. The minimum absolute atomic E-state index is 0.487. The summed E-state index contributed by atoms with van der Waals surface area (Å²) in [4.78, 5) is 0. The number of halogens is 3. The lowest BCUT2D eigenvalue weighted by Gasteiger charge is -2.17. The molecule has 0 bridgehead atoms. The highest BCUT2D eigenvalue weighted by Crippen LogP contribution is 2.14. The number of benzene rings is 1. The molecular weight excluding hydrogens is 188 g/mol. The molecule has 1 rings (SSSR count). The first kappa shape index (κ1) is 11.2. The molecule has 0 heterocycles. The van der Waals surface area contributed by atoms with Crippen molar-refractivity contribution in [2.24, 2.45) is 0 Å². The monoisotopic (exact) mass is 201 g/mol. The minimum Gasteiger partial charge on any atom is -0.445 e. The molecule has 0 aliphatic rings. The van der Waals surface area contributed by atoms with E-state index in [1.807, 2.05) is 13.8 Å². The van der Waals surface area contributed by atoms with E-state index in [2.05, 4.69) is 0 Å². The zero-order valence-corrected chi connectivity index (χ0v) is 8.36. The van der Waals surface area contributed by atoms with Crippen LogP contribution in [0, 0.1) is 0 Å². The molecule has 0 aromatic heterocycles. The average molecular weight is 201 g/mol. The largest absolute Gasteiger partial charge is 0.509 e. The summed E-state index contributed by atoms with van der Waals surface area (Å²) in [7, 11) is 0. The second kappa shape index (κ2) is 4.07. The van der Waals surface area contributed by atoms with Crippen LogP contribution < -0.4 is 5.46 Å². The maximum Gasteiger partial charge on any atom is 0.509 e. The van der Waals surface area contributed by atoms with E-state index in [-0.39, 0.29) is 0 Å². The molecule has 0 atom stereocenters. The smallest absolute Gasteiger partial charge is 0.445 e. The number of aryl methyl sites for hydroxylation is 2. The summed E-state index contributed by atoms with van der Waals surface area (Å²) in [6.45, 7) is -1.02. The van der Waals surface area contributed by atoms with Crippen LogP contribution in [0.2, 0.25) is 0 Å². The van der Waals surface area contributed by atoms with Crippen LogP contribution >= 0.6 is 0 Å². The van der Waals surface area contributed by atoms with Crippen molar-refractivity contribution in [3.63, 3.8) is 0 Å². The van der Waals surface area contributed by atoms with Crippen molar-refractivity contribution in [3.05, 3.63) is 29.3 Å². The van der Waals surface area contributed by atoms with Gasteiger partial charge in [-0.05, 0) is 24.0 Å². The molecule has 1 aromatic rings. The van der Waals surface area contributed by atoms with Gasteiger partial charge in [-0.2, -0.15) is 0 Å². The van der Waals surface area contributed by atoms with E-state index in [1.165, 1.54) is 12.1 Å². The Labute approximate surface area is 82.2 Å². The Balaban J connectivity index is 3.14. The van der Waals surface area contributed by atoms with Gasteiger partial charge >= 0.3 is 6.98 Å². The predicted molar refractivity (Wildman–Crippen MR) is 53.9 cm³/mol. The van der Waals surface area contributed by atoms with Gasteiger partial charge in [-0.25, -0.2) is 0 Å². The van der Waals surface area contributed by atoms with Gasteiger partial charge in [0.2, 0.25) is 0 Å². The fourth-order valence-corrected chi connectivity index (χ4v) is 1.52. The SMILES string of the molecule is CCc1ccc([B-](F)(F)F)cc1CC. The van der Waals surface area contributed by atoms with Crippen molar-refractivity contribution in [1.82, 2.24) is 0 Å². The van der Waals surface area contributed by atoms with E-state index in [0.29, 0.717) is 6.42 Å². The third-order valence-corrected chi connectivity index (χ3v) is 2.37. The van der Waals surface area contributed by atoms with Gasteiger partial charge < -0.3 is 12.9 Å². The number of hydrogen-bond acceptors (Lipinski definition) is 0. The van der Waals surface area contributed by atoms with Crippen LogP contribution in [0.3, 0.4) is 0 Å². The molecule has 0 fully saturated rings. The van der Waals surface area contributed by atoms with Crippen molar-refractivity contribution in [2.75, 3.05) is 0 Å². The second-order valence-corrected chi connectivity index (χ2v) is 3.31. The molecular formula is C10H13BF3-. The summed E-state index contributed by atoms with van der Waals surface area (Å²) in [5.41, 5.74) is 1.33. The normalized spacial score (nSPS) is 11.8. The molecule has 0 amide bonds. The summed E-state index contributed by atoms with van der Waals surface area (Å²) in [5.74, 6) is 0. The Hall–Kier alpha value is -0.925. The van der Waals surface area contributed by atoms with Gasteiger partial charge in [-0.3, -0.25) is 0 Å². The van der Waals surface area contributed by atoms with Gasteiger partial charge in [0, 0.05) is 0 Å². The van der Waals surface area contributed by atoms with E-state index >= 15 is 0 Å². The first-order valence-corrected chi connectivity index (χ1v) is 4.80. The number of hydrogen-bond donors (Lipinski definition) is 0. The fraction of sp³-hybridized carbons (Fsp3) is 0.400. The zero-order valence-electron chi connectivity index (χ0n) is 8.36. The summed E-state index contributed by atoms with van der Waals surface area (Å²) >= 11 is 0. The van der Waals surface area contributed by atoms with Gasteiger partial charge in [-0.1, -0.05) is 32.0 Å². The highest BCUT2D eigenvalue weighted by Gasteiger charge is 2.25. The van der Waals surface area contributed by atoms with Crippen LogP contribution in [0.4, 0.5) is 12.9 Å². The maximum atomic E-state index is 12.4. The predicted octanol–water partition coefficient (Wildman–Crippen LogP) is 2.87. The maximum absolute atomic E-state index is 12.4. The quantitative estimate of drug-likeness (QED) is 0.659. The van der Waals surface area contributed by atoms with Gasteiger partial charge in [0.1, 0.15) is 0 Å². The molecule has 0 saturated heterocycles. The van der Waals surface area contributed by atoms with E-state index in [0.717, 1.165) is 17.5 Å². The van der Waals surface area contributed by atoms with Gasteiger partial charge in [0.25, 0.3) is 0 Å². The van der Waals surface area contributed by atoms with Crippen LogP contribution in [-0.4, -0.2) is 6.98 Å². The third-order valence-electron chi connectivity index (χ3n) is 2.37. The van der Waals surface area contributed by atoms with Crippen molar-refractivity contribution >= 4 is 12.4 Å². The lowest BCUT2D eigenvalue weighted by molar-refractivity contribution is 0.501. The van der Waals surface area contributed by atoms with Crippen LogP contribution in [0.15, 0.2) is 18.2 Å². The molecule has 0 aliphatic heterocycles. The van der Waals surface area contributed by atoms with Crippen LogP contribution in [-0.2, 0) is 12.8 Å². The lowest BCUT2D eigenvalue weighted by atomic mass is 9.78. The van der Waals surface area contributed by atoms with Crippen molar-refractivity contribution < 1.29 is 12.9 Å². The first-order chi connectivity index (χ1) is 6.49. The molecule has 0 unspecified atom stereocenters. The van der Waals surface area contributed by atoms with Crippen molar-refractivity contribution in [3.8, 4) is 0 Å². The highest BCUT2D eigenvalue weighted by molar-refractivity contribution is 6.73. The van der Waals surface area contributed by atoms with E-state index in [9.17, 15) is 12.9 Å². The molecule has 14 heavy (non-hydrogen) atoms. The Bertz CT molecular complexity index is 318. The van der Waals surface area contributed by atoms with Crippen LogP contribution in [0.25, 0.3) is 0 Å². The molecule has 0 radical (unpaired) electrons. The zero-order chi connectivity index (χ0) is 10.8. The average Bonchev–Trinajstić information content (AvgIpc) is 2.15. The lowest BCUT2D eigenvalue weighted by Crippen LogP contribution is -2.34. The molecule has 0 nitrogen and oxygen atoms in total. The highest BCUT2D eigenvalue weighted by atomic mass is 19.4. The number of rotatable bonds is 3. The van der Waals surface area contributed by atoms with E-state index in [4.69, 9.17) is 0 Å². The van der Waals surface area contributed by atoms with E-state index in [1.54, 1.807) is 6.07 Å². The van der Waals surface area contributed by atoms with Gasteiger partial charge in [-0.15, -0.1) is 5.46 Å². The standard InChI is InChI=1S/C10H13BF3/c1-3-8-5-6-10(11(12,13)14)7-9(8)4-2/h5-7H,3-4H2,1-2H3/q-1. The molecule has 0 aliphatic carbocycles. The second-order valence-electron chi connectivity index (χ2n) is 3.31. The van der Waals surface area contributed by atoms with Gasteiger partial charge in [0.15, 0.2) is 0 Å². The summed E-state index contributed by atoms with van der Waals surface area (Å²) in [5, 5.41) is 0. The van der Waals surface area contributed by atoms with E-state index < -0.39 is 12.4 Å². The molecule has 0 spiro atoms. The van der Waals surface area contributed by atoms with Crippen LogP contribution in [0.5, 0.6) is 0 Å². The van der Waals surface area contributed by atoms with Gasteiger partial charge in [0.05, 0.1) is 0 Å². The molecule has 78 valence electrons. The van der Waals surface area contributed by atoms with Crippen molar-refractivity contribution in [2.45, 2.75) is 26.7 Å². The Morgan fingerprint density at radius 3 is 2.00 bits per heavy atom.